The molecule has 0 aliphatic carbocycles. The van der Waals surface area contributed by atoms with Crippen molar-refractivity contribution in [2.45, 2.75) is 16.2 Å². The van der Waals surface area contributed by atoms with Crippen molar-refractivity contribution in [2.75, 3.05) is 0 Å². The summed E-state index contributed by atoms with van der Waals surface area (Å²) in [5.41, 5.74) is 9.07. The molecular weight excluding hydrogens is 240 g/mol. The lowest BCUT2D eigenvalue weighted by Gasteiger charge is -2.06. The summed E-state index contributed by atoms with van der Waals surface area (Å²) in [4.78, 5) is 0.940. The number of hydrogen-bond acceptors (Lipinski definition) is 5. The van der Waals surface area contributed by atoms with Crippen LogP contribution < -0.4 is 5.73 Å². The number of nitrogens with one attached hydrogen (secondary N) is 1. The van der Waals surface area contributed by atoms with Crippen molar-refractivity contribution in [3.05, 3.63) is 34.8 Å². The predicted molar refractivity (Wildman–Crippen MR) is 66.2 cm³/mol. The van der Waals surface area contributed by atoms with E-state index in [1.165, 1.54) is 23.1 Å². The quantitative estimate of drug-likeness (QED) is 0.647. The van der Waals surface area contributed by atoms with Crippen LogP contribution in [-0.2, 0) is 0 Å². The Hall–Kier alpha value is -1.40. The van der Waals surface area contributed by atoms with Crippen LogP contribution in [0.1, 0.15) is 11.1 Å². The van der Waals surface area contributed by atoms with Crippen molar-refractivity contribution in [2.24, 2.45) is 5.73 Å². The molecule has 6 heteroatoms. The SMILES string of the molecule is Cc1ccc(Sc2nncs2)c(C(=N)N)c1. The third-order valence-electron chi connectivity index (χ3n) is 1.96. The van der Waals surface area contributed by atoms with E-state index in [1.54, 1.807) is 5.51 Å². The Kier molecular flexibility index (Phi) is 3.21. The highest BCUT2D eigenvalue weighted by Gasteiger charge is 2.09. The standard InChI is InChI=1S/C10H10N4S2/c1-6-2-3-8(7(4-6)9(11)12)16-10-14-13-5-15-10/h2-5H,1H3,(H3,11,12). The van der Waals surface area contributed by atoms with Gasteiger partial charge in [0.1, 0.15) is 11.3 Å². The van der Waals surface area contributed by atoms with Crippen molar-refractivity contribution in [1.29, 1.82) is 5.41 Å². The molecule has 1 aromatic heterocycles. The molecule has 0 saturated heterocycles. The number of aromatic nitrogens is 2. The highest BCUT2D eigenvalue weighted by molar-refractivity contribution is 8.01. The zero-order chi connectivity index (χ0) is 11.5. The summed E-state index contributed by atoms with van der Waals surface area (Å²) in [6, 6.07) is 5.86. The van der Waals surface area contributed by atoms with Crippen LogP contribution in [0.3, 0.4) is 0 Å². The summed E-state index contributed by atoms with van der Waals surface area (Å²) >= 11 is 2.95. The molecule has 0 amide bonds. The topological polar surface area (TPSA) is 75.7 Å². The van der Waals surface area contributed by atoms with Gasteiger partial charge in [0.2, 0.25) is 0 Å². The second-order valence-electron chi connectivity index (χ2n) is 3.22. The predicted octanol–water partition coefficient (Wildman–Crippen LogP) is 2.28. The van der Waals surface area contributed by atoms with Gasteiger partial charge in [0, 0.05) is 10.5 Å². The van der Waals surface area contributed by atoms with Crippen LogP contribution in [0.4, 0.5) is 0 Å². The van der Waals surface area contributed by atoms with Crippen LogP contribution in [0, 0.1) is 12.3 Å². The lowest BCUT2D eigenvalue weighted by atomic mass is 10.1. The molecule has 16 heavy (non-hydrogen) atoms. The third-order valence-corrected chi connectivity index (χ3v) is 3.82. The lowest BCUT2D eigenvalue weighted by molar-refractivity contribution is 1.01. The number of benzene rings is 1. The first-order chi connectivity index (χ1) is 7.66. The van der Waals surface area contributed by atoms with E-state index in [2.05, 4.69) is 10.2 Å². The molecule has 1 aromatic carbocycles. The number of nitrogens with zero attached hydrogens (tertiary/aromatic N) is 2. The third kappa shape index (κ3) is 2.40. The monoisotopic (exact) mass is 250 g/mol. The maximum atomic E-state index is 7.53. The summed E-state index contributed by atoms with van der Waals surface area (Å²) in [7, 11) is 0. The molecule has 0 aliphatic heterocycles. The molecule has 0 atom stereocenters. The van der Waals surface area contributed by atoms with E-state index in [-0.39, 0.29) is 5.84 Å². The second-order valence-corrected chi connectivity index (χ2v) is 5.34. The molecule has 2 aromatic rings. The number of nitrogen functional groups attached to an aromatic ring is 1. The van der Waals surface area contributed by atoms with Crippen molar-refractivity contribution in [3.8, 4) is 0 Å². The summed E-state index contributed by atoms with van der Waals surface area (Å²) < 4.78 is 0.853. The van der Waals surface area contributed by atoms with Gasteiger partial charge in [-0.1, -0.05) is 34.7 Å². The molecule has 2 rings (SSSR count). The van der Waals surface area contributed by atoms with Gasteiger partial charge < -0.3 is 5.73 Å². The molecule has 0 fully saturated rings. The van der Waals surface area contributed by atoms with Gasteiger partial charge in [0.05, 0.1) is 0 Å². The first-order valence-electron chi connectivity index (χ1n) is 4.56. The van der Waals surface area contributed by atoms with Crippen LogP contribution >= 0.6 is 23.1 Å². The lowest BCUT2D eigenvalue weighted by Crippen LogP contribution is -2.12. The van der Waals surface area contributed by atoms with Crippen LogP contribution in [0.15, 0.2) is 32.9 Å². The Morgan fingerprint density at radius 2 is 2.31 bits per heavy atom. The number of rotatable bonds is 3. The van der Waals surface area contributed by atoms with Crippen LogP contribution in [0.2, 0.25) is 0 Å². The molecule has 0 aliphatic rings. The summed E-state index contributed by atoms with van der Waals surface area (Å²) in [6.07, 6.45) is 0. The highest BCUT2D eigenvalue weighted by Crippen LogP contribution is 2.31. The molecule has 1 heterocycles. The van der Waals surface area contributed by atoms with E-state index in [0.29, 0.717) is 0 Å². The van der Waals surface area contributed by atoms with Crippen LogP contribution in [0.25, 0.3) is 0 Å². The van der Waals surface area contributed by atoms with E-state index in [4.69, 9.17) is 11.1 Å². The molecule has 0 saturated carbocycles. The van der Waals surface area contributed by atoms with Gasteiger partial charge in [0.25, 0.3) is 0 Å². The summed E-state index contributed by atoms with van der Waals surface area (Å²) in [6.45, 7) is 1.98. The summed E-state index contributed by atoms with van der Waals surface area (Å²) in [5, 5.41) is 15.3. The fraction of sp³-hybridized carbons (Fsp3) is 0.100. The first kappa shape index (κ1) is 11.1. The Labute approximate surface area is 101 Å². The Bertz CT molecular complexity index is 508. The number of nitrogens with two attached hydrogens (primary N) is 1. The number of hydrogen-bond donors (Lipinski definition) is 2. The first-order valence-corrected chi connectivity index (χ1v) is 6.25. The number of amidine groups is 1. The largest absolute Gasteiger partial charge is 0.384 e. The molecule has 3 N–H and O–H groups in total. The van der Waals surface area contributed by atoms with E-state index in [9.17, 15) is 0 Å². The average molecular weight is 250 g/mol. The van der Waals surface area contributed by atoms with Crippen molar-refractivity contribution in [1.82, 2.24) is 10.2 Å². The Balaban J connectivity index is 2.36. The zero-order valence-corrected chi connectivity index (χ0v) is 10.2. The van der Waals surface area contributed by atoms with Gasteiger partial charge in [-0.15, -0.1) is 10.2 Å². The highest BCUT2D eigenvalue weighted by atomic mass is 32.2. The van der Waals surface area contributed by atoms with Gasteiger partial charge >= 0.3 is 0 Å². The molecule has 0 spiro atoms. The molecule has 0 radical (unpaired) electrons. The molecule has 0 bridgehead atoms. The minimum Gasteiger partial charge on any atom is -0.384 e. The second kappa shape index (κ2) is 4.63. The maximum absolute atomic E-state index is 7.53. The van der Waals surface area contributed by atoms with Crippen LogP contribution in [0.5, 0.6) is 0 Å². The normalized spacial score (nSPS) is 10.3. The smallest absolute Gasteiger partial charge is 0.178 e. The van der Waals surface area contributed by atoms with Gasteiger partial charge in [0.15, 0.2) is 4.34 Å². The van der Waals surface area contributed by atoms with Crippen molar-refractivity contribution >= 4 is 28.9 Å². The van der Waals surface area contributed by atoms with E-state index in [0.717, 1.165) is 20.4 Å². The van der Waals surface area contributed by atoms with Crippen molar-refractivity contribution < 1.29 is 0 Å². The molecule has 82 valence electrons. The minimum absolute atomic E-state index is 0.0794. The maximum Gasteiger partial charge on any atom is 0.178 e. The van der Waals surface area contributed by atoms with Crippen LogP contribution in [-0.4, -0.2) is 16.0 Å². The van der Waals surface area contributed by atoms with E-state index < -0.39 is 0 Å². The van der Waals surface area contributed by atoms with E-state index >= 15 is 0 Å². The summed E-state index contributed by atoms with van der Waals surface area (Å²) in [5.74, 6) is 0.0794. The Morgan fingerprint density at radius 1 is 1.50 bits per heavy atom. The van der Waals surface area contributed by atoms with E-state index in [1.807, 2.05) is 25.1 Å². The number of aryl methyl sites for hydroxylation is 1. The minimum atomic E-state index is 0.0794. The molecule has 4 nitrogen and oxygen atoms in total. The van der Waals surface area contributed by atoms with Gasteiger partial charge in [-0.25, -0.2) is 0 Å². The fourth-order valence-electron chi connectivity index (χ4n) is 1.24. The molecule has 0 unspecified atom stereocenters. The van der Waals surface area contributed by atoms with Crippen molar-refractivity contribution in [3.63, 3.8) is 0 Å². The van der Waals surface area contributed by atoms with Gasteiger partial charge in [-0.05, 0) is 19.1 Å². The molecular formula is C10H10N4S2. The zero-order valence-electron chi connectivity index (χ0n) is 8.60. The Morgan fingerprint density at radius 3 is 2.94 bits per heavy atom. The van der Waals surface area contributed by atoms with Gasteiger partial charge in [-0.2, -0.15) is 0 Å². The average Bonchev–Trinajstić information content (AvgIpc) is 2.73. The fourth-order valence-corrected chi connectivity index (χ4v) is 2.81. The van der Waals surface area contributed by atoms with Gasteiger partial charge in [-0.3, -0.25) is 5.41 Å².